The summed E-state index contributed by atoms with van der Waals surface area (Å²) < 4.78 is 0. The molecule has 1 aromatic carbocycles. The van der Waals surface area contributed by atoms with Crippen molar-refractivity contribution in [2.45, 2.75) is 38.4 Å². The number of urea groups is 1. The van der Waals surface area contributed by atoms with Crippen LogP contribution in [0.2, 0.25) is 10.0 Å². The fraction of sp³-hybridized carbons (Fsp3) is 0.364. The van der Waals surface area contributed by atoms with Crippen LogP contribution in [0.1, 0.15) is 31.0 Å². The van der Waals surface area contributed by atoms with Gasteiger partial charge in [0.1, 0.15) is 12.1 Å². The fourth-order valence-electron chi connectivity index (χ4n) is 3.81. The van der Waals surface area contributed by atoms with Gasteiger partial charge in [0.05, 0.1) is 22.3 Å². The lowest BCUT2D eigenvalue weighted by Crippen LogP contribution is -2.47. The first-order valence-electron chi connectivity index (χ1n) is 10.0. The molecule has 162 valence electrons. The van der Waals surface area contributed by atoms with Crippen molar-refractivity contribution >= 4 is 41.0 Å². The molecule has 0 radical (unpaired) electrons. The molecule has 9 heteroatoms. The van der Waals surface area contributed by atoms with Crippen LogP contribution < -0.4 is 5.32 Å². The summed E-state index contributed by atoms with van der Waals surface area (Å²) in [6, 6.07) is 10.1. The Morgan fingerprint density at radius 1 is 1.19 bits per heavy atom. The third-order valence-corrected chi connectivity index (χ3v) is 6.52. The molecule has 2 heterocycles. The van der Waals surface area contributed by atoms with Gasteiger partial charge in [0.25, 0.3) is 5.91 Å². The van der Waals surface area contributed by atoms with Gasteiger partial charge in [0.15, 0.2) is 0 Å². The molecule has 1 aliphatic carbocycles. The van der Waals surface area contributed by atoms with E-state index in [1.54, 1.807) is 42.3 Å². The van der Waals surface area contributed by atoms with Crippen LogP contribution in [0.3, 0.4) is 0 Å². The first-order chi connectivity index (χ1) is 14.8. The van der Waals surface area contributed by atoms with Gasteiger partial charge < -0.3 is 10.2 Å². The smallest absolute Gasteiger partial charge is 0.325 e. The zero-order valence-electron chi connectivity index (χ0n) is 17.0. The van der Waals surface area contributed by atoms with Crippen LogP contribution >= 0.6 is 23.2 Å². The highest BCUT2D eigenvalue weighted by molar-refractivity contribution is 6.42. The van der Waals surface area contributed by atoms with Crippen LogP contribution in [-0.4, -0.2) is 44.7 Å². The number of nitrogens with one attached hydrogen (secondary N) is 1. The van der Waals surface area contributed by atoms with E-state index in [1.165, 1.54) is 0 Å². The molecule has 2 fully saturated rings. The Morgan fingerprint density at radius 3 is 2.61 bits per heavy atom. The van der Waals surface area contributed by atoms with Gasteiger partial charge in [-0.3, -0.25) is 19.5 Å². The number of hydrogen-bond acceptors (Lipinski definition) is 4. The van der Waals surface area contributed by atoms with E-state index < -0.39 is 11.6 Å². The highest BCUT2D eigenvalue weighted by Gasteiger charge is 2.56. The lowest BCUT2D eigenvalue weighted by atomic mass is 9.96. The topological polar surface area (TPSA) is 82.6 Å². The summed E-state index contributed by atoms with van der Waals surface area (Å²) in [5, 5.41) is 3.58. The molecule has 31 heavy (non-hydrogen) atoms. The summed E-state index contributed by atoms with van der Waals surface area (Å²) in [5.41, 5.74) is 0.544. The Kier molecular flexibility index (Phi) is 5.90. The molecule has 1 N–H and O–H groups in total. The number of imide groups is 1. The van der Waals surface area contributed by atoms with Gasteiger partial charge in [-0.15, -0.1) is 0 Å². The summed E-state index contributed by atoms with van der Waals surface area (Å²) >= 11 is 12.1. The molecule has 1 saturated carbocycles. The Morgan fingerprint density at radius 2 is 1.97 bits per heavy atom. The molecule has 7 nitrogen and oxygen atoms in total. The molecule has 1 aliphatic heterocycles. The van der Waals surface area contributed by atoms with Gasteiger partial charge in [0, 0.05) is 12.7 Å². The summed E-state index contributed by atoms with van der Waals surface area (Å²) in [6.07, 6.45) is 3.44. The average molecular weight is 461 g/mol. The summed E-state index contributed by atoms with van der Waals surface area (Å²) in [4.78, 5) is 45.4. The van der Waals surface area contributed by atoms with Crippen molar-refractivity contribution in [2.75, 3.05) is 6.54 Å². The Balaban J connectivity index is 1.53. The van der Waals surface area contributed by atoms with Crippen molar-refractivity contribution in [3.63, 3.8) is 0 Å². The number of benzene rings is 1. The SMILES string of the molecule is CC1(C2CC2)NC(=O)N(CC(=O)N(Cc2ccc(Cl)c(Cl)c2)Cc2ccccn2)C1=O. The highest BCUT2D eigenvalue weighted by atomic mass is 35.5. The monoisotopic (exact) mass is 460 g/mol. The largest absolute Gasteiger partial charge is 0.331 e. The second kappa shape index (κ2) is 8.48. The van der Waals surface area contributed by atoms with E-state index in [9.17, 15) is 14.4 Å². The van der Waals surface area contributed by atoms with E-state index in [0.29, 0.717) is 15.7 Å². The summed E-state index contributed by atoms with van der Waals surface area (Å²) in [7, 11) is 0. The number of halogens is 2. The van der Waals surface area contributed by atoms with E-state index in [1.807, 2.05) is 12.1 Å². The average Bonchev–Trinajstić information content (AvgIpc) is 3.57. The molecule has 1 saturated heterocycles. The normalized spacial score (nSPS) is 20.7. The molecule has 2 aromatic rings. The van der Waals surface area contributed by atoms with Crippen molar-refractivity contribution in [1.82, 2.24) is 20.1 Å². The molecule has 4 amide bonds. The number of amides is 4. The van der Waals surface area contributed by atoms with Crippen molar-refractivity contribution in [3.8, 4) is 0 Å². The quantitative estimate of drug-likeness (QED) is 0.639. The summed E-state index contributed by atoms with van der Waals surface area (Å²) in [5.74, 6) is -0.578. The third-order valence-electron chi connectivity index (χ3n) is 5.78. The van der Waals surface area contributed by atoms with Gasteiger partial charge >= 0.3 is 6.03 Å². The highest BCUT2D eigenvalue weighted by Crippen LogP contribution is 2.42. The van der Waals surface area contributed by atoms with Gasteiger partial charge in [-0.05, 0) is 55.5 Å². The first-order valence-corrected chi connectivity index (χ1v) is 10.8. The maximum atomic E-state index is 13.2. The zero-order valence-corrected chi connectivity index (χ0v) is 18.5. The number of aromatic nitrogens is 1. The van der Waals surface area contributed by atoms with Gasteiger partial charge in [-0.2, -0.15) is 0 Å². The van der Waals surface area contributed by atoms with Crippen LogP contribution in [-0.2, 0) is 22.7 Å². The molecule has 0 bridgehead atoms. The van der Waals surface area contributed by atoms with Crippen molar-refractivity contribution < 1.29 is 14.4 Å². The Hall–Kier alpha value is -2.64. The molecule has 4 rings (SSSR count). The maximum Gasteiger partial charge on any atom is 0.325 e. The van der Waals surface area contributed by atoms with E-state index in [2.05, 4.69) is 10.3 Å². The minimum absolute atomic E-state index is 0.130. The number of hydrogen-bond donors (Lipinski definition) is 1. The molecular weight excluding hydrogens is 439 g/mol. The number of carbonyl (C=O) groups is 3. The van der Waals surface area contributed by atoms with Crippen molar-refractivity contribution in [3.05, 3.63) is 63.9 Å². The zero-order chi connectivity index (χ0) is 22.2. The molecule has 1 atom stereocenters. The van der Waals surface area contributed by atoms with Crippen molar-refractivity contribution in [1.29, 1.82) is 0 Å². The number of carbonyl (C=O) groups excluding carboxylic acids is 3. The van der Waals surface area contributed by atoms with Crippen molar-refractivity contribution in [2.24, 2.45) is 5.92 Å². The standard InChI is InChI=1S/C22H22Cl2N4O3/c1-22(15-6-7-15)20(30)28(21(31)26-22)13-19(29)27(12-16-4-2-3-9-25-16)11-14-5-8-17(23)18(24)10-14/h2-5,8-10,15H,6-7,11-13H2,1H3,(H,26,31). The predicted molar refractivity (Wildman–Crippen MR) is 116 cm³/mol. The van der Waals surface area contributed by atoms with Gasteiger partial charge in [-0.1, -0.05) is 35.3 Å². The number of nitrogens with zero attached hydrogens (tertiary/aromatic N) is 3. The Labute approximate surface area is 190 Å². The molecule has 1 aromatic heterocycles. The maximum absolute atomic E-state index is 13.2. The number of rotatable bonds is 7. The van der Waals surface area contributed by atoms with Gasteiger partial charge in [0.2, 0.25) is 5.91 Å². The van der Waals surface area contributed by atoms with Crippen LogP contribution in [0.4, 0.5) is 4.79 Å². The lowest BCUT2D eigenvalue weighted by Gasteiger charge is -2.25. The molecule has 0 spiro atoms. The van der Waals surface area contributed by atoms with E-state index in [4.69, 9.17) is 23.2 Å². The Bertz CT molecular complexity index is 1030. The minimum atomic E-state index is -0.924. The van der Waals surface area contributed by atoms with E-state index >= 15 is 0 Å². The van der Waals surface area contributed by atoms with Crippen LogP contribution in [0.15, 0.2) is 42.6 Å². The molecule has 1 unspecified atom stereocenters. The van der Waals surface area contributed by atoms with Crippen LogP contribution in [0, 0.1) is 5.92 Å². The predicted octanol–water partition coefficient (Wildman–Crippen LogP) is 3.64. The first kappa shape index (κ1) is 21.6. The van der Waals surface area contributed by atoms with E-state index in [0.717, 1.165) is 23.3 Å². The van der Waals surface area contributed by atoms with Gasteiger partial charge in [-0.25, -0.2) is 4.79 Å². The third kappa shape index (κ3) is 4.52. The van der Waals surface area contributed by atoms with E-state index in [-0.39, 0.29) is 37.4 Å². The summed E-state index contributed by atoms with van der Waals surface area (Å²) in [6.45, 7) is 1.86. The minimum Gasteiger partial charge on any atom is -0.331 e. The molecular formula is C22H22Cl2N4O3. The molecule has 2 aliphatic rings. The fourth-order valence-corrected chi connectivity index (χ4v) is 4.13. The second-order valence-electron chi connectivity index (χ2n) is 8.12. The second-order valence-corrected chi connectivity index (χ2v) is 8.93. The lowest BCUT2D eigenvalue weighted by molar-refractivity contribution is -0.139. The van der Waals surface area contributed by atoms with Crippen LogP contribution in [0.25, 0.3) is 0 Å². The number of pyridine rings is 1. The van der Waals surface area contributed by atoms with Crippen LogP contribution in [0.5, 0.6) is 0 Å².